The van der Waals surface area contributed by atoms with Crippen LogP contribution in [0.2, 0.25) is 0 Å². The Hall–Kier alpha value is 0.130. The monoisotopic (exact) mass is 278 g/mol. The van der Waals surface area contributed by atoms with Gasteiger partial charge in [0.2, 0.25) is 0 Å². The van der Waals surface area contributed by atoms with Crippen LogP contribution in [0, 0.1) is 5.41 Å². The summed E-state index contributed by atoms with van der Waals surface area (Å²) in [7, 11) is 0. The summed E-state index contributed by atoms with van der Waals surface area (Å²) in [6, 6.07) is 0. The van der Waals surface area contributed by atoms with Crippen molar-refractivity contribution < 1.29 is 9.47 Å². The largest absolute Gasteiger partial charge is 0.379 e. The van der Waals surface area contributed by atoms with E-state index in [-0.39, 0.29) is 23.5 Å². The molecule has 0 aromatic rings. The smallest absolute Gasteiger partial charge is 0.117 e. The Morgan fingerprint density at radius 1 is 1.17 bits per heavy atom. The summed E-state index contributed by atoms with van der Waals surface area (Å²) in [5.41, 5.74) is 0.117. The standard InChI is InChI=1S/C13H26N2O2.ClH/c1-12(2)10-14-13(3,17-11-12)4-5-15-6-8-16-9-7-15;/h14H,4-11H2,1-3H3;1H. The predicted molar refractivity (Wildman–Crippen MR) is 75.3 cm³/mol. The van der Waals surface area contributed by atoms with E-state index in [2.05, 4.69) is 31.0 Å². The summed E-state index contributed by atoms with van der Waals surface area (Å²) in [4.78, 5) is 2.46. The van der Waals surface area contributed by atoms with Gasteiger partial charge in [0, 0.05) is 38.0 Å². The van der Waals surface area contributed by atoms with Gasteiger partial charge in [-0.3, -0.25) is 10.2 Å². The Labute approximate surface area is 117 Å². The molecule has 0 amide bonds. The van der Waals surface area contributed by atoms with Crippen LogP contribution < -0.4 is 5.32 Å². The highest BCUT2D eigenvalue weighted by Crippen LogP contribution is 2.26. The van der Waals surface area contributed by atoms with Gasteiger partial charge in [-0.05, 0) is 6.92 Å². The lowest BCUT2D eigenvalue weighted by molar-refractivity contribution is -0.133. The van der Waals surface area contributed by atoms with Gasteiger partial charge in [0.25, 0.3) is 0 Å². The van der Waals surface area contributed by atoms with Crippen molar-refractivity contribution in [1.29, 1.82) is 0 Å². The van der Waals surface area contributed by atoms with E-state index >= 15 is 0 Å². The normalized spacial score (nSPS) is 32.8. The number of ether oxygens (including phenoxy) is 2. The fraction of sp³-hybridized carbons (Fsp3) is 1.00. The summed E-state index contributed by atoms with van der Waals surface area (Å²) >= 11 is 0. The van der Waals surface area contributed by atoms with Crippen molar-refractivity contribution in [2.75, 3.05) is 46.0 Å². The van der Waals surface area contributed by atoms with Crippen LogP contribution in [0.1, 0.15) is 27.2 Å². The first-order valence-electron chi connectivity index (χ1n) is 6.68. The maximum atomic E-state index is 6.00. The van der Waals surface area contributed by atoms with Gasteiger partial charge >= 0.3 is 0 Å². The first-order valence-corrected chi connectivity index (χ1v) is 6.68. The Bertz CT molecular complexity index is 245. The molecule has 2 heterocycles. The molecular weight excluding hydrogens is 252 g/mol. The minimum atomic E-state index is -0.145. The third-order valence-corrected chi connectivity index (χ3v) is 3.73. The van der Waals surface area contributed by atoms with Crippen LogP contribution in [0.5, 0.6) is 0 Å². The Kier molecular flexibility index (Phi) is 5.87. The SMILES string of the molecule is CC1(C)CNC(C)(CCN2CCOCC2)OC1.Cl. The highest BCUT2D eigenvalue weighted by atomic mass is 35.5. The molecule has 0 spiro atoms. The van der Waals surface area contributed by atoms with E-state index in [1.165, 1.54) is 0 Å². The van der Waals surface area contributed by atoms with E-state index in [1.54, 1.807) is 0 Å². The molecule has 1 unspecified atom stereocenters. The summed E-state index contributed by atoms with van der Waals surface area (Å²) in [6.07, 6.45) is 1.04. The lowest BCUT2D eigenvalue weighted by Gasteiger charge is -2.43. The van der Waals surface area contributed by atoms with E-state index in [1.807, 2.05) is 0 Å². The number of nitrogens with one attached hydrogen (secondary N) is 1. The highest BCUT2D eigenvalue weighted by molar-refractivity contribution is 5.85. The van der Waals surface area contributed by atoms with Crippen molar-refractivity contribution in [2.24, 2.45) is 5.41 Å². The number of rotatable bonds is 3. The van der Waals surface area contributed by atoms with Crippen molar-refractivity contribution in [3.63, 3.8) is 0 Å². The van der Waals surface area contributed by atoms with Crippen LogP contribution in [0.25, 0.3) is 0 Å². The van der Waals surface area contributed by atoms with Gasteiger partial charge in [-0.15, -0.1) is 12.4 Å². The number of hydrogen-bond acceptors (Lipinski definition) is 4. The topological polar surface area (TPSA) is 33.7 Å². The summed E-state index contributed by atoms with van der Waals surface area (Å²) in [5.74, 6) is 0. The zero-order valence-corrected chi connectivity index (χ0v) is 12.6. The molecular formula is C13H27ClN2O2. The van der Waals surface area contributed by atoms with E-state index in [0.717, 1.165) is 52.4 Å². The quantitative estimate of drug-likeness (QED) is 0.848. The summed E-state index contributed by atoms with van der Waals surface area (Å²) < 4.78 is 11.4. The molecule has 1 N–H and O–H groups in total. The van der Waals surface area contributed by atoms with Crippen molar-refractivity contribution in [2.45, 2.75) is 32.9 Å². The fourth-order valence-corrected chi connectivity index (χ4v) is 2.24. The van der Waals surface area contributed by atoms with Gasteiger partial charge in [-0.25, -0.2) is 0 Å². The van der Waals surface area contributed by atoms with Gasteiger partial charge in [-0.1, -0.05) is 13.8 Å². The minimum absolute atomic E-state index is 0. The molecule has 2 fully saturated rings. The van der Waals surface area contributed by atoms with Crippen molar-refractivity contribution in [3.8, 4) is 0 Å². The molecule has 1 atom stereocenters. The van der Waals surface area contributed by atoms with Crippen LogP contribution in [0.3, 0.4) is 0 Å². The summed E-state index contributed by atoms with van der Waals surface area (Å²) in [5, 5.41) is 3.55. The lowest BCUT2D eigenvalue weighted by Crippen LogP contribution is -2.57. The molecule has 0 saturated carbocycles. The molecule has 0 aromatic heterocycles. The predicted octanol–water partition coefficient (Wildman–Crippen LogP) is 1.49. The van der Waals surface area contributed by atoms with Crippen LogP contribution in [-0.2, 0) is 9.47 Å². The Morgan fingerprint density at radius 2 is 1.83 bits per heavy atom. The van der Waals surface area contributed by atoms with Crippen LogP contribution >= 0.6 is 12.4 Å². The van der Waals surface area contributed by atoms with Gasteiger partial charge in [0.1, 0.15) is 5.72 Å². The molecule has 2 aliphatic rings. The highest BCUT2D eigenvalue weighted by Gasteiger charge is 2.35. The van der Waals surface area contributed by atoms with Crippen molar-refractivity contribution in [1.82, 2.24) is 10.2 Å². The Morgan fingerprint density at radius 3 is 2.39 bits per heavy atom. The average Bonchev–Trinajstić information content (AvgIpc) is 2.33. The van der Waals surface area contributed by atoms with Crippen LogP contribution in [0.4, 0.5) is 0 Å². The minimum Gasteiger partial charge on any atom is -0.379 e. The third kappa shape index (κ3) is 4.67. The molecule has 0 bridgehead atoms. The van der Waals surface area contributed by atoms with Gasteiger partial charge in [0.05, 0.1) is 19.8 Å². The molecule has 0 aromatic carbocycles. The number of halogens is 1. The molecule has 2 rings (SSSR count). The zero-order chi connectivity index (χ0) is 12.4. The second-order valence-corrected chi connectivity index (χ2v) is 6.24. The molecule has 2 aliphatic heterocycles. The van der Waals surface area contributed by atoms with E-state index in [4.69, 9.17) is 9.47 Å². The van der Waals surface area contributed by atoms with E-state index in [0.29, 0.717) is 0 Å². The third-order valence-electron chi connectivity index (χ3n) is 3.73. The van der Waals surface area contributed by atoms with Crippen LogP contribution in [-0.4, -0.2) is 56.6 Å². The second-order valence-electron chi connectivity index (χ2n) is 6.24. The van der Waals surface area contributed by atoms with E-state index < -0.39 is 0 Å². The average molecular weight is 279 g/mol. The molecule has 0 aliphatic carbocycles. The molecule has 2 saturated heterocycles. The maximum absolute atomic E-state index is 6.00. The zero-order valence-electron chi connectivity index (χ0n) is 11.8. The molecule has 18 heavy (non-hydrogen) atoms. The van der Waals surface area contributed by atoms with Gasteiger partial charge < -0.3 is 9.47 Å². The molecule has 108 valence electrons. The Balaban J connectivity index is 0.00000162. The summed E-state index contributed by atoms with van der Waals surface area (Å²) in [6.45, 7) is 13.5. The first-order chi connectivity index (χ1) is 7.99. The fourth-order valence-electron chi connectivity index (χ4n) is 2.24. The number of morpholine rings is 1. The number of nitrogens with zero attached hydrogens (tertiary/aromatic N) is 1. The first kappa shape index (κ1) is 16.2. The second kappa shape index (κ2) is 6.53. The molecule has 0 radical (unpaired) electrons. The van der Waals surface area contributed by atoms with E-state index in [9.17, 15) is 0 Å². The van der Waals surface area contributed by atoms with Gasteiger partial charge in [-0.2, -0.15) is 0 Å². The van der Waals surface area contributed by atoms with Crippen LogP contribution in [0.15, 0.2) is 0 Å². The molecule has 4 nitrogen and oxygen atoms in total. The molecule has 5 heteroatoms. The lowest BCUT2D eigenvalue weighted by atomic mass is 9.91. The van der Waals surface area contributed by atoms with Crippen molar-refractivity contribution in [3.05, 3.63) is 0 Å². The van der Waals surface area contributed by atoms with Crippen molar-refractivity contribution >= 4 is 12.4 Å². The number of hydrogen-bond donors (Lipinski definition) is 1. The van der Waals surface area contributed by atoms with Gasteiger partial charge in [0.15, 0.2) is 0 Å². The maximum Gasteiger partial charge on any atom is 0.117 e.